The van der Waals surface area contributed by atoms with Crippen LogP contribution >= 0.6 is 0 Å². The minimum atomic E-state index is -3.59. The highest BCUT2D eigenvalue weighted by atomic mass is 32.2. The summed E-state index contributed by atoms with van der Waals surface area (Å²) < 4.78 is 27.3. The van der Waals surface area contributed by atoms with Gasteiger partial charge in [0.1, 0.15) is 6.04 Å². The van der Waals surface area contributed by atoms with Gasteiger partial charge in [0.05, 0.1) is 0 Å². The Morgan fingerprint density at radius 2 is 2.24 bits per heavy atom. The Bertz CT molecular complexity index is 370. The lowest BCUT2D eigenvalue weighted by atomic mass is 10.3. The van der Waals surface area contributed by atoms with Crippen LogP contribution in [0.25, 0.3) is 0 Å². The first-order chi connectivity index (χ1) is 7.88. The van der Waals surface area contributed by atoms with Gasteiger partial charge >= 0.3 is 0 Å². The van der Waals surface area contributed by atoms with Gasteiger partial charge in [0, 0.05) is 27.2 Å². The summed E-state index contributed by atoms with van der Waals surface area (Å²) in [7, 11) is -0.457. The van der Waals surface area contributed by atoms with E-state index in [2.05, 4.69) is 4.72 Å². The number of carbonyl (C=O) groups is 1. The van der Waals surface area contributed by atoms with Crippen LogP contribution in [-0.4, -0.2) is 63.3 Å². The summed E-state index contributed by atoms with van der Waals surface area (Å²) in [5.41, 5.74) is 5.32. The zero-order chi connectivity index (χ0) is 13.1. The van der Waals surface area contributed by atoms with E-state index in [0.717, 1.165) is 0 Å². The van der Waals surface area contributed by atoms with Crippen molar-refractivity contribution in [1.82, 2.24) is 13.9 Å². The molecule has 0 bridgehead atoms. The van der Waals surface area contributed by atoms with Crippen molar-refractivity contribution in [3.05, 3.63) is 0 Å². The van der Waals surface area contributed by atoms with Crippen molar-refractivity contribution < 1.29 is 13.2 Å². The maximum Gasteiger partial charge on any atom is 0.279 e. The van der Waals surface area contributed by atoms with E-state index in [1.54, 1.807) is 7.05 Å². The molecule has 100 valence electrons. The van der Waals surface area contributed by atoms with Crippen molar-refractivity contribution in [3.63, 3.8) is 0 Å². The van der Waals surface area contributed by atoms with Crippen LogP contribution in [0.4, 0.5) is 0 Å². The number of likely N-dealkylation sites (tertiary alicyclic amines) is 1. The molecular weight excluding hydrogens is 244 g/mol. The van der Waals surface area contributed by atoms with Crippen LogP contribution in [0, 0.1) is 0 Å². The molecule has 1 saturated heterocycles. The van der Waals surface area contributed by atoms with E-state index in [9.17, 15) is 13.2 Å². The maximum atomic E-state index is 11.8. The van der Waals surface area contributed by atoms with Crippen LogP contribution in [-0.2, 0) is 15.0 Å². The molecule has 7 nitrogen and oxygen atoms in total. The van der Waals surface area contributed by atoms with Crippen LogP contribution in [0.1, 0.15) is 12.8 Å². The molecule has 0 saturated carbocycles. The quantitative estimate of drug-likeness (QED) is 0.600. The third-order valence-electron chi connectivity index (χ3n) is 2.81. The van der Waals surface area contributed by atoms with Crippen molar-refractivity contribution in [3.8, 4) is 0 Å². The molecular formula is C9H20N4O3S. The van der Waals surface area contributed by atoms with Gasteiger partial charge in [-0.2, -0.15) is 17.4 Å². The number of rotatable bonds is 6. The monoisotopic (exact) mass is 264 g/mol. The fraction of sp³-hybridized carbons (Fsp3) is 0.889. The predicted octanol–water partition coefficient (Wildman–Crippen LogP) is -1.67. The van der Waals surface area contributed by atoms with Crippen LogP contribution < -0.4 is 10.5 Å². The molecule has 1 fully saturated rings. The standard InChI is InChI=1S/C9H20N4O3S/c1-12-7-4-8(9(12)14)11-17(15,16)13(2)6-3-5-10/h8,11H,3-7,10H2,1-2H3. The largest absolute Gasteiger partial charge is 0.344 e. The minimum Gasteiger partial charge on any atom is -0.344 e. The third-order valence-corrected chi connectivity index (χ3v) is 4.39. The highest BCUT2D eigenvalue weighted by Gasteiger charge is 2.33. The molecule has 1 aliphatic rings. The summed E-state index contributed by atoms with van der Waals surface area (Å²) in [4.78, 5) is 13.1. The Morgan fingerprint density at radius 1 is 1.59 bits per heavy atom. The number of nitrogens with one attached hydrogen (secondary N) is 1. The molecule has 1 aliphatic heterocycles. The summed E-state index contributed by atoms with van der Waals surface area (Å²) in [6.45, 7) is 1.37. The van der Waals surface area contributed by atoms with Gasteiger partial charge in [0.25, 0.3) is 10.2 Å². The molecule has 1 amide bonds. The van der Waals surface area contributed by atoms with Gasteiger partial charge < -0.3 is 10.6 Å². The molecule has 17 heavy (non-hydrogen) atoms. The molecule has 0 aromatic rings. The number of likely N-dealkylation sites (N-methyl/N-ethyl adjacent to an activating group) is 1. The summed E-state index contributed by atoms with van der Waals surface area (Å²) in [6.07, 6.45) is 1.11. The molecule has 1 unspecified atom stereocenters. The molecule has 0 aromatic heterocycles. The summed E-state index contributed by atoms with van der Waals surface area (Å²) in [5.74, 6) is -0.180. The number of hydrogen-bond donors (Lipinski definition) is 2. The van der Waals surface area contributed by atoms with Crippen molar-refractivity contribution >= 4 is 16.1 Å². The van der Waals surface area contributed by atoms with Crippen molar-refractivity contribution in [1.29, 1.82) is 0 Å². The Kier molecular flexibility index (Phi) is 4.87. The molecule has 1 rings (SSSR count). The molecule has 1 atom stereocenters. The number of amides is 1. The Labute approximate surface area is 102 Å². The molecule has 0 aliphatic carbocycles. The average Bonchev–Trinajstić information content (AvgIpc) is 2.57. The molecule has 3 N–H and O–H groups in total. The molecule has 8 heteroatoms. The van der Waals surface area contributed by atoms with Gasteiger partial charge in [-0.25, -0.2) is 0 Å². The first-order valence-corrected chi connectivity index (χ1v) is 7.01. The summed E-state index contributed by atoms with van der Waals surface area (Å²) in [5, 5.41) is 0. The molecule has 0 aromatic carbocycles. The van der Waals surface area contributed by atoms with Crippen LogP contribution in [0.3, 0.4) is 0 Å². The highest BCUT2D eigenvalue weighted by Crippen LogP contribution is 2.10. The second kappa shape index (κ2) is 5.76. The van der Waals surface area contributed by atoms with E-state index >= 15 is 0 Å². The van der Waals surface area contributed by atoms with Crippen LogP contribution in [0.15, 0.2) is 0 Å². The van der Waals surface area contributed by atoms with Crippen molar-refractivity contribution in [2.45, 2.75) is 18.9 Å². The van der Waals surface area contributed by atoms with Crippen LogP contribution in [0.5, 0.6) is 0 Å². The minimum absolute atomic E-state index is 0.180. The SMILES string of the molecule is CN1CCC(NS(=O)(=O)N(C)CCCN)C1=O. The fourth-order valence-electron chi connectivity index (χ4n) is 1.64. The van der Waals surface area contributed by atoms with Crippen molar-refractivity contribution in [2.24, 2.45) is 5.73 Å². The normalized spacial score (nSPS) is 21.5. The molecule has 0 spiro atoms. The lowest BCUT2D eigenvalue weighted by Gasteiger charge is -2.19. The van der Waals surface area contributed by atoms with Gasteiger partial charge in [0.15, 0.2) is 0 Å². The second-order valence-corrected chi connectivity index (χ2v) is 6.00. The predicted molar refractivity (Wildman–Crippen MR) is 64.4 cm³/mol. The van der Waals surface area contributed by atoms with Gasteiger partial charge in [-0.15, -0.1) is 0 Å². The smallest absolute Gasteiger partial charge is 0.279 e. The van der Waals surface area contributed by atoms with Gasteiger partial charge in [-0.05, 0) is 19.4 Å². The van der Waals surface area contributed by atoms with E-state index in [4.69, 9.17) is 5.73 Å². The van der Waals surface area contributed by atoms with Gasteiger partial charge in [-0.3, -0.25) is 4.79 Å². The first-order valence-electron chi connectivity index (χ1n) is 5.57. The number of nitrogens with zero attached hydrogens (tertiary/aromatic N) is 2. The zero-order valence-corrected chi connectivity index (χ0v) is 11.0. The topological polar surface area (TPSA) is 95.7 Å². The summed E-state index contributed by atoms with van der Waals surface area (Å²) >= 11 is 0. The van der Waals surface area contributed by atoms with E-state index in [1.807, 2.05) is 0 Å². The summed E-state index contributed by atoms with van der Waals surface area (Å²) in [6, 6.07) is -0.634. The van der Waals surface area contributed by atoms with Gasteiger partial charge in [-0.1, -0.05) is 0 Å². The van der Waals surface area contributed by atoms with E-state index in [0.29, 0.717) is 32.5 Å². The van der Waals surface area contributed by atoms with Gasteiger partial charge in [0.2, 0.25) is 5.91 Å². The third kappa shape index (κ3) is 3.63. The second-order valence-electron chi connectivity index (χ2n) is 4.19. The van der Waals surface area contributed by atoms with E-state index in [-0.39, 0.29) is 5.91 Å². The first kappa shape index (κ1) is 14.4. The van der Waals surface area contributed by atoms with Crippen LogP contribution in [0.2, 0.25) is 0 Å². The number of nitrogens with two attached hydrogens (primary N) is 1. The Balaban J connectivity index is 2.57. The van der Waals surface area contributed by atoms with Crippen molar-refractivity contribution in [2.75, 3.05) is 33.7 Å². The number of carbonyl (C=O) groups excluding carboxylic acids is 1. The lowest BCUT2D eigenvalue weighted by Crippen LogP contribution is -2.47. The average molecular weight is 264 g/mol. The highest BCUT2D eigenvalue weighted by molar-refractivity contribution is 7.87. The number of hydrogen-bond acceptors (Lipinski definition) is 4. The maximum absolute atomic E-state index is 11.8. The Morgan fingerprint density at radius 3 is 2.71 bits per heavy atom. The molecule has 1 heterocycles. The fourth-order valence-corrected chi connectivity index (χ4v) is 2.76. The molecule has 0 radical (unpaired) electrons. The van der Waals surface area contributed by atoms with E-state index < -0.39 is 16.3 Å². The lowest BCUT2D eigenvalue weighted by molar-refractivity contribution is -0.127. The zero-order valence-electron chi connectivity index (χ0n) is 10.2. The van der Waals surface area contributed by atoms with E-state index in [1.165, 1.54) is 16.3 Å². The Hall–Kier alpha value is -0.700.